The lowest BCUT2D eigenvalue weighted by Crippen LogP contribution is -2.04. The Morgan fingerprint density at radius 3 is 2.39 bits per heavy atom. The van der Waals surface area contributed by atoms with Crippen LogP contribution in [0.3, 0.4) is 0 Å². The largest absolute Gasteiger partial charge is 0.396 e. The molecular weight excluding hydrogens is 236 g/mol. The van der Waals surface area contributed by atoms with Crippen LogP contribution in [-0.2, 0) is 0 Å². The van der Waals surface area contributed by atoms with Crippen molar-refractivity contribution < 1.29 is 13.6 Å². The molecule has 4 heteroatoms. The summed E-state index contributed by atoms with van der Waals surface area (Å²) in [7, 11) is 0. The van der Waals surface area contributed by atoms with Gasteiger partial charge in [0.05, 0.1) is 5.69 Å². The Kier molecular flexibility index (Phi) is 3.10. The second-order valence-corrected chi connectivity index (χ2v) is 4.08. The number of anilines is 1. The SMILES string of the molecule is Cc1cc(F)cc(C(=O)c2ccc(N)c(F)c2)c1. The zero-order valence-corrected chi connectivity index (χ0v) is 9.71. The van der Waals surface area contributed by atoms with Crippen molar-refractivity contribution in [3.63, 3.8) is 0 Å². The van der Waals surface area contributed by atoms with E-state index in [1.165, 1.54) is 18.2 Å². The number of aryl methyl sites for hydroxylation is 1. The molecule has 2 nitrogen and oxygen atoms in total. The lowest BCUT2D eigenvalue weighted by Gasteiger charge is -2.04. The maximum Gasteiger partial charge on any atom is 0.193 e. The van der Waals surface area contributed by atoms with Crippen molar-refractivity contribution in [3.05, 3.63) is 64.7 Å². The fourth-order valence-corrected chi connectivity index (χ4v) is 1.70. The van der Waals surface area contributed by atoms with E-state index in [-0.39, 0.29) is 16.8 Å². The first kappa shape index (κ1) is 12.2. The average Bonchev–Trinajstić information content (AvgIpc) is 2.30. The number of rotatable bonds is 2. The van der Waals surface area contributed by atoms with E-state index in [1.54, 1.807) is 13.0 Å². The van der Waals surface area contributed by atoms with Gasteiger partial charge in [0.2, 0.25) is 0 Å². The molecule has 0 aliphatic carbocycles. The van der Waals surface area contributed by atoms with Crippen LogP contribution in [0.2, 0.25) is 0 Å². The standard InChI is InChI=1S/C14H11F2NO/c1-8-4-10(6-11(15)5-8)14(18)9-2-3-13(17)12(16)7-9/h2-7H,17H2,1H3. The Balaban J connectivity index is 2.44. The zero-order chi connectivity index (χ0) is 13.3. The Bertz CT molecular complexity index is 603. The van der Waals surface area contributed by atoms with Crippen molar-refractivity contribution in [1.82, 2.24) is 0 Å². The normalized spacial score (nSPS) is 10.4. The van der Waals surface area contributed by atoms with Gasteiger partial charge in [-0.1, -0.05) is 0 Å². The van der Waals surface area contributed by atoms with E-state index in [4.69, 9.17) is 5.73 Å². The van der Waals surface area contributed by atoms with Crippen LogP contribution in [0.25, 0.3) is 0 Å². The number of carbonyl (C=O) groups excluding carboxylic acids is 1. The molecule has 0 unspecified atom stereocenters. The van der Waals surface area contributed by atoms with Crippen LogP contribution in [0.5, 0.6) is 0 Å². The highest BCUT2D eigenvalue weighted by molar-refractivity contribution is 6.09. The molecule has 0 amide bonds. The molecule has 0 aliphatic heterocycles. The molecule has 2 aromatic rings. The maximum absolute atomic E-state index is 13.3. The monoisotopic (exact) mass is 247 g/mol. The third-order valence-electron chi connectivity index (χ3n) is 2.57. The first-order valence-electron chi connectivity index (χ1n) is 5.34. The summed E-state index contributed by atoms with van der Waals surface area (Å²) in [6.45, 7) is 1.68. The average molecular weight is 247 g/mol. The van der Waals surface area contributed by atoms with Crippen LogP contribution < -0.4 is 5.73 Å². The summed E-state index contributed by atoms with van der Waals surface area (Å²) in [5.74, 6) is -1.58. The lowest BCUT2D eigenvalue weighted by atomic mass is 10.0. The number of hydrogen-bond donors (Lipinski definition) is 1. The molecule has 92 valence electrons. The van der Waals surface area contributed by atoms with E-state index in [0.717, 1.165) is 12.1 Å². The number of hydrogen-bond acceptors (Lipinski definition) is 2. The predicted molar refractivity (Wildman–Crippen MR) is 65.4 cm³/mol. The number of carbonyl (C=O) groups is 1. The highest BCUT2D eigenvalue weighted by atomic mass is 19.1. The van der Waals surface area contributed by atoms with Gasteiger partial charge >= 0.3 is 0 Å². The maximum atomic E-state index is 13.3. The molecule has 2 rings (SSSR count). The number of benzene rings is 2. The predicted octanol–water partition coefficient (Wildman–Crippen LogP) is 3.09. The van der Waals surface area contributed by atoms with E-state index >= 15 is 0 Å². The fraction of sp³-hybridized carbons (Fsp3) is 0.0714. The van der Waals surface area contributed by atoms with Gasteiger partial charge in [0, 0.05) is 11.1 Å². The van der Waals surface area contributed by atoms with Crippen LogP contribution in [0.15, 0.2) is 36.4 Å². The van der Waals surface area contributed by atoms with Crippen LogP contribution in [0.4, 0.5) is 14.5 Å². The molecule has 0 saturated heterocycles. The van der Waals surface area contributed by atoms with Crippen LogP contribution >= 0.6 is 0 Å². The smallest absolute Gasteiger partial charge is 0.193 e. The summed E-state index contributed by atoms with van der Waals surface area (Å²) in [4.78, 5) is 12.0. The molecule has 0 fully saturated rings. The third-order valence-corrected chi connectivity index (χ3v) is 2.57. The molecule has 18 heavy (non-hydrogen) atoms. The van der Waals surface area contributed by atoms with Gasteiger partial charge < -0.3 is 5.73 Å². The van der Waals surface area contributed by atoms with Gasteiger partial charge in [-0.25, -0.2) is 8.78 Å². The number of nitrogen functional groups attached to an aromatic ring is 1. The van der Waals surface area contributed by atoms with Gasteiger partial charge in [0.25, 0.3) is 0 Å². The summed E-state index contributed by atoms with van der Waals surface area (Å²) >= 11 is 0. The molecule has 0 aliphatic rings. The minimum Gasteiger partial charge on any atom is -0.396 e. The second-order valence-electron chi connectivity index (χ2n) is 4.08. The van der Waals surface area contributed by atoms with E-state index in [0.29, 0.717) is 5.56 Å². The Morgan fingerprint density at radius 1 is 1.06 bits per heavy atom. The Hall–Kier alpha value is -2.23. The summed E-state index contributed by atoms with van der Waals surface area (Å²) in [6, 6.07) is 7.79. The van der Waals surface area contributed by atoms with Gasteiger partial charge in [-0.05, 0) is 48.9 Å². The summed E-state index contributed by atoms with van der Waals surface area (Å²) in [5, 5.41) is 0. The van der Waals surface area contributed by atoms with Gasteiger partial charge in [0.15, 0.2) is 5.78 Å². The molecule has 2 N–H and O–H groups in total. The van der Waals surface area contributed by atoms with E-state index in [1.807, 2.05) is 0 Å². The molecule has 0 atom stereocenters. The third kappa shape index (κ3) is 2.37. The highest BCUT2D eigenvalue weighted by Gasteiger charge is 2.12. The number of halogens is 2. The molecule has 2 aromatic carbocycles. The fourth-order valence-electron chi connectivity index (χ4n) is 1.70. The number of ketones is 1. The van der Waals surface area contributed by atoms with Crippen molar-refractivity contribution in [2.75, 3.05) is 5.73 Å². The van der Waals surface area contributed by atoms with Gasteiger partial charge in [-0.3, -0.25) is 4.79 Å². The van der Waals surface area contributed by atoms with Crippen LogP contribution in [0, 0.1) is 18.6 Å². The molecule has 0 heterocycles. The molecular formula is C14H11F2NO. The van der Waals surface area contributed by atoms with Gasteiger partial charge in [-0.15, -0.1) is 0 Å². The molecule has 0 bridgehead atoms. The Labute approximate surface area is 103 Å². The Morgan fingerprint density at radius 2 is 1.78 bits per heavy atom. The van der Waals surface area contributed by atoms with Crippen LogP contribution in [-0.4, -0.2) is 5.78 Å². The van der Waals surface area contributed by atoms with Crippen molar-refractivity contribution >= 4 is 11.5 Å². The quantitative estimate of drug-likeness (QED) is 0.654. The van der Waals surface area contributed by atoms with Crippen molar-refractivity contribution in [2.45, 2.75) is 6.92 Å². The van der Waals surface area contributed by atoms with E-state index in [9.17, 15) is 13.6 Å². The minimum absolute atomic E-state index is 0.0260. The van der Waals surface area contributed by atoms with Crippen molar-refractivity contribution in [2.24, 2.45) is 0 Å². The lowest BCUT2D eigenvalue weighted by molar-refractivity contribution is 0.103. The topological polar surface area (TPSA) is 43.1 Å². The van der Waals surface area contributed by atoms with Crippen molar-refractivity contribution in [3.8, 4) is 0 Å². The van der Waals surface area contributed by atoms with E-state index in [2.05, 4.69) is 0 Å². The summed E-state index contributed by atoms with van der Waals surface area (Å²) in [6.07, 6.45) is 0. The first-order valence-corrected chi connectivity index (χ1v) is 5.34. The highest BCUT2D eigenvalue weighted by Crippen LogP contribution is 2.17. The number of nitrogens with two attached hydrogens (primary N) is 1. The first-order chi connectivity index (χ1) is 8.47. The molecule has 0 aromatic heterocycles. The molecule has 0 radical (unpaired) electrons. The van der Waals surface area contributed by atoms with Crippen LogP contribution in [0.1, 0.15) is 21.5 Å². The molecule has 0 saturated carbocycles. The summed E-state index contributed by atoms with van der Waals surface area (Å²) < 4.78 is 26.5. The van der Waals surface area contributed by atoms with Crippen molar-refractivity contribution in [1.29, 1.82) is 0 Å². The summed E-state index contributed by atoms with van der Waals surface area (Å²) in [5.41, 5.74) is 6.27. The zero-order valence-electron chi connectivity index (χ0n) is 9.71. The minimum atomic E-state index is -0.658. The van der Waals surface area contributed by atoms with Gasteiger partial charge in [-0.2, -0.15) is 0 Å². The van der Waals surface area contributed by atoms with E-state index < -0.39 is 17.4 Å². The van der Waals surface area contributed by atoms with Gasteiger partial charge in [0.1, 0.15) is 11.6 Å². The molecule has 0 spiro atoms. The second kappa shape index (κ2) is 4.56.